The molecular formula is C9H8F3NO4S2. The molecule has 1 heterocycles. The van der Waals surface area contributed by atoms with Gasteiger partial charge in [-0.25, -0.2) is 13.2 Å². The van der Waals surface area contributed by atoms with Gasteiger partial charge in [0.05, 0.1) is 5.56 Å². The Balaban J connectivity index is 2.26. The summed E-state index contributed by atoms with van der Waals surface area (Å²) < 4.78 is 62.7. The number of hydrogen-bond acceptors (Lipinski definition) is 4. The number of carboxylic acid groups (broad SMARTS) is 1. The smallest absolute Gasteiger partial charge is 0.407 e. The lowest BCUT2D eigenvalue weighted by atomic mass is 10.3. The number of sulfonamides is 1. The summed E-state index contributed by atoms with van der Waals surface area (Å²) >= 11 is 0.565. The second-order valence-corrected chi connectivity index (χ2v) is 6.97. The van der Waals surface area contributed by atoms with E-state index >= 15 is 0 Å². The third kappa shape index (κ3) is 2.60. The van der Waals surface area contributed by atoms with Gasteiger partial charge >= 0.3 is 12.1 Å². The van der Waals surface area contributed by atoms with E-state index in [1.807, 2.05) is 0 Å². The molecule has 1 aromatic heterocycles. The number of hydrogen-bond donors (Lipinski definition) is 2. The topological polar surface area (TPSA) is 83.5 Å². The molecule has 10 heteroatoms. The average molecular weight is 315 g/mol. The lowest BCUT2D eigenvalue weighted by Gasteiger charge is -2.19. The summed E-state index contributed by atoms with van der Waals surface area (Å²) in [5.74, 6) is -1.34. The second-order valence-electron chi connectivity index (χ2n) is 4.14. The molecule has 0 unspecified atom stereocenters. The molecule has 0 saturated heterocycles. The highest BCUT2D eigenvalue weighted by Crippen LogP contribution is 2.49. The van der Waals surface area contributed by atoms with Crippen molar-refractivity contribution in [2.75, 3.05) is 0 Å². The van der Waals surface area contributed by atoms with E-state index in [2.05, 4.69) is 0 Å². The van der Waals surface area contributed by atoms with Gasteiger partial charge in [0.25, 0.3) is 10.0 Å². The molecule has 0 aliphatic heterocycles. The summed E-state index contributed by atoms with van der Waals surface area (Å²) in [6.45, 7) is 0. The zero-order valence-electron chi connectivity index (χ0n) is 9.19. The van der Waals surface area contributed by atoms with Gasteiger partial charge in [0.1, 0.15) is 9.75 Å². The van der Waals surface area contributed by atoms with Crippen molar-refractivity contribution in [2.24, 2.45) is 0 Å². The predicted octanol–water partition coefficient (Wildman–Crippen LogP) is 1.82. The van der Waals surface area contributed by atoms with E-state index in [1.54, 1.807) is 4.72 Å². The summed E-state index contributed by atoms with van der Waals surface area (Å²) in [6, 6.07) is 0.835. The Morgan fingerprint density at radius 1 is 1.42 bits per heavy atom. The van der Waals surface area contributed by atoms with Crippen molar-refractivity contribution >= 4 is 27.3 Å². The van der Waals surface area contributed by atoms with Crippen LogP contribution in [0.25, 0.3) is 0 Å². The minimum atomic E-state index is -4.66. The summed E-state index contributed by atoms with van der Waals surface area (Å²) in [7, 11) is -4.37. The number of alkyl halides is 3. The summed E-state index contributed by atoms with van der Waals surface area (Å²) in [5.41, 5.74) is -2.68. The molecule has 1 aliphatic rings. The molecule has 1 saturated carbocycles. The summed E-state index contributed by atoms with van der Waals surface area (Å²) in [4.78, 5) is 10.6. The first-order valence-electron chi connectivity index (χ1n) is 5.00. The highest BCUT2D eigenvalue weighted by Gasteiger charge is 2.65. The predicted molar refractivity (Wildman–Crippen MR) is 59.6 cm³/mol. The lowest BCUT2D eigenvalue weighted by molar-refractivity contribution is -0.160. The molecule has 0 aromatic carbocycles. The van der Waals surface area contributed by atoms with Crippen molar-refractivity contribution in [2.45, 2.75) is 28.8 Å². The van der Waals surface area contributed by atoms with Crippen LogP contribution in [-0.4, -0.2) is 31.2 Å². The number of carboxylic acids is 1. The Hall–Kier alpha value is -1.13. The van der Waals surface area contributed by atoms with Crippen LogP contribution in [0.2, 0.25) is 0 Å². The first kappa shape index (κ1) is 14.3. The van der Waals surface area contributed by atoms with E-state index in [4.69, 9.17) is 5.11 Å². The Morgan fingerprint density at radius 2 is 2.00 bits per heavy atom. The summed E-state index contributed by atoms with van der Waals surface area (Å²) in [6.07, 6.45) is -5.28. The van der Waals surface area contributed by atoms with Gasteiger partial charge in [-0.05, 0) is 18.9 Å². The molecule has 0 radical (unpaired) electrons. The van der Waals surface area contributed by atoms with Crippen molar-refractivity contribution < 1.29 is 31.5 Å². The monoisotopic (exact) mass is 315 g/mol. The van der Waals surface area contributed by atoms with E-state index < -0.39 is 31.9 Å². The zero-order valence-corrected chi connectivity index (χ0v) is 10.8. The third-order valence-corrected chi connectivity index (χ3v) is 5.69. The Labute approximate surface area is 110 Å². The highest BCUT2D eigenvalue weighted by molar-refractivity contribution is 7.91. The fraction of sp³-hybridized carbons (Fsp3) is 0.444. The molecule has 1 aromatic rings. The van der Waals surface area contributed by atoms with E-state index in [0.717, 1.165) is 11.4 Å². The van der Waals surface area contributed by atoms with Crippen LogP contribution in [0.3, 0.4) is 0 Å². The number of halogens is 3. The molecular weight excluding hydrogens is 307 g/mol. The minimum absolute atomic E-state index is 0.276. The van der Waals surface area contributed by atoms with Crippen molar-refractivity contribution in [1.82, 2.24) is 4.72 Å². The lowest BCUT2D eigenvalue weighted by Crippen LogP contribution is -2.47. The normalized spacial score (nSPS) is 18.3. The van der Waals surface area contributed by atoms with Gasteiger partial charge in [0.15, 0.2) is 0 Å². The molecule has 0 bridgehead atoms. The molecule has 0 amide bonds. The zero-order chi connectivity index (χ0) is 14.5. The van der Waals surface area contributed by atoms with Crippen LogP contribution in [-0.2, 0) is 10.0 Å². The largest absolute Gasteiger partial charge is 0.478 e. The van der Waals surface area contributed by atoms with E-state index in [9.17, 15) is 26.4 Å². The number of thiophene rings is 1. The van der Waals surface area contributed by atoms with Gasteiger partial charge in [0, 0.05) is 5.38 Å². The first-order chi connectivity index (χ1) is 8.57. The van der Waals surface area contributed by atoms with Crippen LogP contribution in [0.1, 0.15) is 23.2 Å². The molecule has 5 nitrogen and oxygen atoms in total. The molecule has 0 spiro atoms. The van der Waals surface area contributed by atoms with Gasteiger partial charge in [-0.2, -0.15) is 17.9 Å². The van der Waals surface area contributed by atoms with E-state index in [0.29, 0.717) is 11.3 Å². The molecule has 106 valence electrons. The number of carbonyl (C=O) groups is 1. The van der Waals surface area contributed by atoms with Crippen molar-refractivity contribution in [1.29, 1.82) is 0 Å². The molecule has 0 atom stereocenters. The van der Waals surface area contributed by atoms with E-state index in [-0.39, 0.29) is 18.4 Å². The average Bonchev–Trinajstić information content (AvgIpc) is 2.85. The Kier molecular flexibility index (Phi) is 3.14. The quantitative estimate of drug-likeness (QED) is 0.888. The van der Waals surface area contributed by atoms with Crippen molar-refractivity contribution in [3.05, 3.63) is 17.0 Å². The van der Waals surface area contributed by atoms with Crippen LogP contribution >= 0.6 is 11.3 Å². The molecule has 19 heavy (non-hydrogen) atoms. The van der Waals surface area contributed by atoms with Gasteiger partial charge in [-0.1, -0.05) is 0 Å². The van der Waals surface area contributed by atoms with Crippen LogP contribution in [0.4, 0.5) is 13.2 Å². The first-order valence-corrected chi connectivity index (χ1v) is 7.36. The maximum Gasteiger partial charge on any atom is 0.407 e. The van der Waals surface area contributed by atoms with Gasteiger partial charge in [-0.3, -0.25) is 0 Å². The van der Waals surface area contributed by atoms with Crippen LogP contribution in [0, 0.1) is 0 Å². The summed E-state index contributed by atoms with van der Waals surface area (Å²) in [5, 5.41) is 9.71. The third-order valence-electron chi connectivity index (χ3n) is 2.71. The maximum absolute atomic E-state index is 12.7. The molecule has 1 aliphatic carbocycles. The van der Waals surface area contributed by atoms with Crippen LogP contribution in [0.5, 0.6) is 0 Å². The maximum atomic E-state index is 12.7. The Morgan fingerprint density at radius 3 is 2.37 bits per heavy atom. The SMILES string of the molecule is O=C(O)c1csc(S(=O)(=O)NC2(C(F)(F)F)CC2)c1. The molecule has 2 N–H and O–H groups in total. The van der Waals surface area contributed by atoms with Crippen LogP contribution < -0.4 is 4.72 Å². The fourth-order valence-electron chi connectivity index (χ4n) is 1.45. The second kappa shape index (κ2) is 4.18. The number of nitrogens with one attached hydrogen (secondary N) is 1. The van der Waals surface area contributed by atoms with Gasteiger partial charge in [-0.15, -0.1) is 11.3 Å². The minimum Gasteiger partial charge on any atom is -0.478 e. The highest BCUT2D eigenvalue weighted by atomic mass is 32.2. The standard InChI is InChI=1S/C9H8F3NO4S2/c10-9(11,12)8(1-2-8)13-19(16,17)6-3-5(4-18-6)7(14)15/h3-4,13H,1-2H2,(H,14,15). The van der Waals surface area contributed by atoms with Crippen LogP contribution in [0.15, 0.2) is 15.7 Å². The van der Waals surface area contributed by atoms with Gasteiger partial charge in [0.2, 0.25) is 0 Å². The molecule has 2 rings (SSSR count). The number of rotatable bonds is 4. The van der Waals surface area contributed by atoms with Crippen molar-refractivity contribution in [3.63, 3.8) is 0 Å². The Bertz CT molecular complexity index is 616. The van der Waals surface area contributed by atoms with Crippen molar-refractivity contribution in [3.8, 4) is 0 Å². The van der Waals surface area contributed by atoms with E-state index in [1.165, 1.54) is 0 Å². The number of aromatic carboxylic acids is 1. The molecule has 1 fully saturated rings. The fourth-order valence-corrected chi connectivity index (χ4v) is 4.05. The van der Waals surface area contributed by atoms with Gasteiger partial charge < -0.3 is 5.11 Å².